The van der Waals surface area contributed by atoms with E-state index in [4.69, 9.17) is 10.5 Å². The number of aryl methyl sites for hydroxylation is 1. The van der Waals surface area contributed by atoms with Crippen LogP contribution in [-0.4, -0.2) is 35.7 Å². The maximum Gasteiger partial charge on any atom is 0.271 e. The second-order valence-electron chi connectivity index (χ2n) is 10.3. The van der Waals surface area contributed by atoms with Gasteiger partial charge in [0, 0.05) is 29.1 Å². The third-order valence-electron chi connectivity index (χ3n) is 7.84. The van der Waals surface area contributed by atoms with E-state index >= 15 is 0 Å². The third-order valence-corrected chi connectivity index (χ3v) is 7.84. The predicted octanol–water partition coefficient (Wildman–Crippen LogP) is 5.03. The highest BCUT2D eigenvalue weighted by Gasteiger charge is 2.33. The van der Waals surface area contributed by atoms with E-state index in [1.807, 2.05) is 12.1 Å². The molecule has 0 saturated heterocycles. The SMILES string of the molecule is Nc1nc2cc(C(=O)N(Cc3ccc(-c4c(F)cncc4F)cn3)[C@@H]3CCCc4cccnc43)[nH]c2c2c1COC2. The summed E-state index contributed by atoms with van der Waals surface area (Å²) in [6.45, 7) is 0.941. The van der Waals surface area contributed by atoms with Crippen molar-refractivity contribution in [3.05, 3.63) is 101 Å². The van der Waals surface area contributed by atoms with Crippen LogP contribution in [0, 0.1) is 11.6 Å². The Hall–Kier alpha value is -4.77. The van der Waals surface area contributed by atoms with Crippen molar-refractivity contribution in [2.24, 2.45) is 0 Å². The second-order valence-corrected chi connectivity index (χ2v) is 10.3. The zero-order valence-electron chi connectivity index (χ0n) is 21.9. The zero-order chi connectivity index (χ0) is 28.1. The highest BCUT2D eigenvalue weighted by molar-refractivity contribution is 5.98. The fraction of sp³-hybridized carbons (Fsp3) is 0.233. The van der Waals surface area contributed by atoms with Crippen molar-refractivity contribution in [3.8, 4) is 11.1 Å². The number of nitrogen functional groups attached to an aromatic ring is 1. The van der Waals surface area contributed by atoms with Gasteiger partial charge in [0.15, 0.2) is 11.6 Å². The Morgan fingerprint density at radius 3 is 2.73 bits per heavy atom. The average Bonchev–Trinajstić information content (AvgIpc) is 3.64. The molecule has 1 amide bonds. The van der Waals surface area contributed by atoms with Crippen molar-refractivity contribution >= 4 is 22.8 Å². The summed E-state index contributed by atoms with van der Waals surface area (Å²) in [5.41, 5.74) is 12.2. The van der Waals surface area contributed by atoms with Gasteiger partial charge in [0.05, 0.1) is 66.2 Å². The van der Waals surface area contributed by atoms with Gasteiger partial charge in [0.25, 0.3) is 5.91 Å². The number of carbonyl (C=O) groups is 1. The number of nitrogens with zero attached hydrogens (tertiary/aromatic N) is 5. The molecule has 3 N–H and O–H groups in total. The highest BCUT2D eigenvalue weighted by Crippen LogP contribution is 2.36. The Kier molecular flexibility index (Phi) is 6.15. The summed E-state index contributed by atoms with van der Waals surface area (Å²) >= 11 is 0. The van der Waals surface area contributed by atoms with Crippen molar-refractivity contribution in [1.29, 1.82) is 0 Å². The minimum Gasteiger partial charge on any atom is -0.383 e. The standard InChI is InChI=1S/C30H25F2N7O2/c31-21-11-34-12-22(32)26(21)17-6-7-18(36-10-17)13-39(25-5-1-3-16-4-2-8-35-27(16)25)30(40)24-9-23-28(37-24)19-14-41-15-20(19)29(33)38-23/h2,4,6-12,25,37H,1,3,5,13-15H2,(H2,33,38)/t25-/m1/s1. The molecule has 0 unspecified atom stereocenters. The van der Waals surface area contributed by atoms with E-state index in [1.54, 1.807) is 29.3 Å². The van der Waals surface area contributed by atoms with E-state index in [2.05, 4.69) is 24.9 Å². The number of anilines is 1. The molecular formula is C30H25F2N7O2. The van der Waals surface area contributed by atoms with Crippen LogP contribution in [0.2, 0.25) is 0 Å². The summed E-state index contributed by atoms with van der Waals surface area (Å²) < 4.78 is 34.2. The van der Waals surface area contributed by atoms with E-state index in [-0.39, 0.29) is 29.6 Å². The highest BCUT2D eigenvalue weighted by atomic mass is 19.1. The molecule has 2 aliphatic rings. The molecule has 0 aromatic carbocycles. The Morgan fingerprint density at radius 2 is 1.93 bits per heavy atom. The first-order valence-electron chi connectivity index (χ1n) is 13.3. The number of rotatable bonds is 5. The summed E-state index contributed by atoms with van der Waals surface area (Å²) in [4.78, 5) is 36.4. The van der Waals surface area contributed by atoms with Crippen molar-refractivity contribution in [2.45, 2.75) is 45.1 Å². The lowest BCUT2D eigenvalue weighted by molar-refractivity contribution is 0.0624. The summed E-state index contributed by atoms with van der Waals surface area (Å²) in [6.07, 6.45) is 7.59. The Balaban J connectivity index is 1.27. The molecule has 41 heavy (non-hydrogen) atoms. The Labute approximate surface area is 233 Å². The first kappa shape index (κ1) is 25.2. The van der Waals surface area contributed by atoms with Gasteiger partial charge in [-0.1, -0.05) is 12.1 Å². The number of amides is 1. The first-order valence-corrected chi connectivity index (χ1v) is 13.3. The average molecular weight is 554 g/mol. The number of halogens is 2. The van der Waals surface area contributed by atoms with Crippen LogP contribution >= 0.6 is 0 Å². The van der Waals surface area contributed by atoms with E-state index in [0.717, 1.165) is 59.6 Å². The minimum atomic E-state index is -0.772. The Morgan fingerprint density at radius 1 is 1.10 bits per heavy atom. The van der Waals surface area contributed by atoms with Gasteiger partial charge in [-0.3, -0.25) is 19.7 Å². The van der Waals surface area contributed by atoms with E-state index in [1.165, 1.54) is 6.20 Å². The summed E-state index contributed by atoms with van der Waals surface area (Å²) in [6, 6.07) is 8.64. The summed E-state index contributed by atoms with van der Waals surface area (Å²) in [5.74, 6) is -1.39. The summed E-state index contributed by atoms with van der Waals surface area (Å²) in [7, 11) is 0. The smallest absolute Gasteiger partial charge is 0.271 e. The molecule has 6 heterocycles. The maximum atomic E-state index is 14.3. The van der Waals surface area contributed by atoms with Gasteiger partial charge in [-0.05, 0) is 43.0 Å². The number of aromatic amines is 1. The minimum absolute atomic E-state index is 0.160. The molecule has 5 aromatic heterocycles. The quantitative estimate of drug-likeness (QED) is 0.313. The number of carbonyl (C=O) groups excluding carboxylic acids is 1. The molecule has 11 heteroatoms. The fourth-order valence-electron chi connectivity index (χ4n) is 5.85. The van der Waals surface area contributed by atoms with Gasteiger partial charge in [0.1, 0.15) is 11.5 Å². The number of pyridine rings is 4. The molecule has 206 valence electrons. The number of hydrogen-bond donors (Lipinski definition) is 2. The van der Waals surface area contributed by atoms with E-state index < -0.39 is 11.6 Å². The molecule has 7 rings (SSSR count). The lowest BCUT2D eigenvalue weighted by Gasteiger charge is -2.34. The van der Waals surface area contributed by atoms with Gasteiger partial charge in [0.2, 0.25) is 0 Å². The summed E-state index contributed by atoms with van der Waals surface area (Å²) in [5, 5.41) is 0. The van der Waals surface area contributed by atoms with Crippen LogP contribution < -0.4 is 5.73 Å². The molecule has 5 aromatic rings. The molecule has 0 spiro atoms. The fourth-order valence-corrected chi connectivity index (χ4v) is 5.85. The van der Waals surface area contributed by atoms with Crippen molar-refractivity contribution in [3.63, 3.8) is 0 Å². The largest absolute Gasteiger partial charge is 0.383 e. The van der Waals surface area contributed by atoms with Crippen LogP contribution in [0.4, 0.5) is 14.6 Å². The van der Waals surface area contributed by atoms with Crippen molar-refractivity contribution < 1.29 is 18.3 Å². The monoisotopic (exact) mass is 553 g/mol. The van der Waals surface area contributed by atoms with Crippen molar-refractivity contribution in [2.75, 3.05) is 5.73 Å². The molecule has 1 aliphatic heterocycles. The number of ether oxygens (including phenoxy) is 1. The number of nitrogens with one attached hydrogen (secondary N) is 1. The van der Waals surface area contributed by atoms with Crippen LogP contribution in [-0.2, 0) is 30.9 Å². The Bertz CT molecular complexity index is 1790. The van der Waals surface area contributed by atoms with Gasteiger partial charge in [-0.2, -0.15) is 0 Å². The molecular weight excluding hydrogens is 528 g/mol. The lowest BCUT2D eigenvalue weighted by atomic mass is 9.90. The molecule has 0 radical (unpaired) electrons. The van der Waals surface area contributed by atoms with Gasteiger partial charge in [-0.25, -0.2) is 13.8 Å². The molecule has 0 saturated carbocycles. The molecule has 1 atom stereocenters. The van der Waals surface area contributed by atoms with E-state index in [0.29, 0.717) is 35.9 Å². The molecule has 9 nitrogen and oxygen atoms in total. The van der Waals surface area contributed by atoms with Crippen LogP contribution in [0.15, 0.2) is 55.1 Å². The number of aromatic nitrogens is 5. The molecule has 0 fully saturated rings. The number of fused-ring (bicyclic) bond motifs is 4. The normalized spacial score (nSPS) is 16.0. The predicted molar refractivity (Wildman–Crippen MR) is 146 cm³/mol. The van der Waals surface area contributed by atoms with E-state index in [9.17, 15) is 13.6 Å². The van der Waals surface area contributed by atoms with Crippen molar-refractivity contribution in [1.82, 2.24) is 29.8 Å². The van der Waals surface area contributed by atoms with Gasteiger partial charge < -0.3 is 20.4 Å². The van der Waals surface area contributed by atoms with Crippen LogP contribution in [0.3, 0.4) is 0 Å². The van der Waals surface area contributed by atoms with Crippen LogP contribution in [0.5, 0.6) is 0 Å². The number of hydrogen-bond acceptors (Lipinski definition) is 7. The zero-order valence-corrected chi connectivity index (χ0v) is 21.9. The number of H-pyrrole nitrogens is 1. The third kappa shape index (κ3) is 4.38. The lowest BCUT2D eigenvalue weighted by Crippen LogP contribution is -2.37. The van der Waals surface area contributed by atoms with Crippen LogP contribution in [0.25, 0.3) is 22.2 Å². The topological polar surface area (TPSA) is 123 Å². The van der Waals surface area contributed by atoms with Gasteiger partial charge >= 0.3 is 0 Å². The first-order chi connectivity index (χ1) is 20.0. The maximum absolute atomic E-state index is 14.3. The van der Waals surface area contributed by atoms with Crippen LogP contribution in [0.1, 0.15) is 57.5 Å². The molecule has 0 bridgehead atoms. The second kappa shape index (κ2) is 10.0. The molecule has 1 aliphatic carbocycles. The number of nitrogens with two attached hydrogens (primary N) is 1. The van der Waals surface area contributed by atoms with Gasteiger partial charge in [-0.15, -0.1) is 0 Å².